The second kappa shape index (κ2) is 4.52. The molecule has 0 aliphatic rings. The molecule has 82 valence electrons. The minimum absolute atomic E-state index is 0.136. The number of alkyl halides is 2. The second-order valence-corrected chi connectivity index (χ2v) is 3.43. The van der Waals surface area contributed by atoms with E-state index in [2.05, 4.69) is 25.7 Å². The lowest BCUT2D eigenvalue weighted by atomic mass is 10.2. The number of rotatable bonds is 2. The summed E-state index contributed by atoms with van der Waals surface area (Å²) in [4.78, 5) is 14.7. The Hall–Kier alpha value is -1.24. The van der Waals surface area contributed by atoms with Crippen molar-refractivity contribution in [1.82, 2.24) is 4.98 Å². The fraction of sp³-hybridized carbons (Fsp3) is 0.250. The minimum Gasteiger partial charge on any atom is -0.465 e. The smallest absolute Gasteiger partial charge is 0.341 e. The van der Waals surface area contributed by atoms with Gasteiger partial charge in [-0.25, -0.2) is 13.6 Å². The number of halogens is 3. The highest BCUT2D eigenvalue weighted by Crippen LogP contribution is 2.30. The third-order valence-electron chi connectivity index (χ3n) is 1.70. The molecular formula is C8H7BrF2N2O2. The molecule has 2 N–H and O–H groups in total. The number of nitrogens with zero attached hydrogens (tertiary/aromatic N) is 1. The number of nitrogens with two attached hydrogens (primary N) is 1. The average molecular weight is 281 g/mol. The molecule has 0 saturated carbocycles. The summed E-state index contributed by atoms with van der Waals surface area (Å²) < 4.78 is 29.4. The van der Waals surface area contributed by atoms with Crippen LogP contribution in [0, 0.1) is 0 Å². The Morgan fingerprint density at radius 2 is 2.27 bits per heavy atom. The Morgan fingerprint density at radius 1 is 1.67 bits per heavy atom. The van der Waals surface area contributed by atoms with E-state index < -0.39 is 18.1 Å². The van der Waals surface area contributed by atoms with Gasteiger partial charge in [-0.2, -0.15) is 0 Å². The maximum atomic E-state index is 12.4. The van der Waals surface area contributed by atoms with Crippen LogP contribution < -0.4 is 5.73 Å². The van der Waals surface area contributed by atoms with Crippen LogP contribution in [0.15, 0.2) is 10.7 Å². The molecular weight excluding hydrogens is 274 g/mol. The number of carbonyl (C=O) groups excluding carboxylic acids is 1. The summed E-state index contributed by atoms with van der Waals surface area (Å²) in [7, 11) is 1.14. The molecule has 0 spiro atoms. The lowest BCUT2D eigenvalue weighted by Gasteiger charge is -2.09. The van der Waals surface area contributed by atoms with Gasteiger partial charge in [0.25, 0.3) is 6.43 Å². The fourth-order valence-electron chi connectivity index (χ4n) is 1.00. The Morgan fingerprint density at radius 3 is 2.73 bits per heavy atom. The highest BCUT2D eigenvalue weighted by molar-refractivity contribution is 9.10. The minimum atomic E-state index is -2.83. The maximum Gasteiger partial charge on any atom is 0.341 e. The van der Waals surface area contributed by atoms with Crippen molar-refractivity contribution in [3.05, 3.63) is 21.9 Å². The van der Waals surface area contributed by atoms with Crippen molar-refractivity contribution in [3.8, 4) is 0 Å². The van der Waals surface area contributed by atoms with E-state index in [4.69, 9.17) is 5.73 Å². The highest BCUT2D eigenvalue weighted by atomic mass is 79.9. The average Bonchev–Trinajstić information content (AvgIpc) is 2.16. The first-order chi connectivity index (χ1) is 6.99. The van der Waals surface area contributed by atoms with Crippen LogP contribution in [0.5, 0.6) is 0 Å². The van der Waals surface area contributed by atoms with Gasteiger partial charge >= 0.3 is 5.97 Å². The van der Waals surface area contributed by atoms with Crippen molar-refractivity contribution in [2.24, 2.45) is 0 Å². The molecule has 0 atom stereocenters. The van der Waals surface area contributed by atoms with E-state index in [9.17, 15) is 13.6 Å². The van der Waals surface area contributed by atoms with Crippen molar-refractivity contribution in [1.29, 1.82) is 0 Å². The van der Waals surface area contributed by atoms with Gasteiger partial charge in [0.2, 0.25) is 0 Å². The molecule has 0 radical (unpaired) electrons. The molecule has 1 heterocycles. The van der Waals surface area contributed by atoms with Gasteiger partial charge in [0.15, 0.2) is 0 Å². The summed E-state index contributed by atoms with van der Waals surface area (Å²) in [5, 5.41) is 0. The van der Waals surface area contributed by atoms with Crippen molar-refractivity contribution in [3.63, 3.8) is 0 Å². The molecule has 0 aromatic carbocycles. The molecule has 0 amide bonds. The lowest BCUT2D eigenvalue weighted by molar-refractivity contribution is 0.0600. The van der Waals surface area contributed by atoms with E-state index in [1.807, 2.05) is 0 Å². The van der Waals surface area contributed by atoms with Crippen molar-refractivity contribution in [2.75, 3.05) is 12.8 Å². The number of hydrogen-bond donors (Lipinski definition) is 1. The standard InChI is InChI=1S/C8H7BrF2N2O2/c1-15-8(14)4-3(9)2-13-6(5(4)12)7(10)11/h2,7H,12H2,1H3. The summed E-state index contributed by atoms with van der Waals surface area (Å²) in [6.07, 6.45) is -1.74. The van der Waals surface area contributed by atoms with Gasteiger partial charge in [0.05, 0.1) is 17.3 Å². The van der Waals surface area contributed by atoms with Gasteiger partial charge in [0.1, 0.15) is 11.3 Å². The maximum absolute atomic E-state index is 12.4. The quantitative estimate of drug-likeness (QED) is 0.843. The second-order valence-electron chi connectivity index (χ2n) is 2.57. The topological polar surface area (TPSA) is 65.2 Å². The number of esters is 1. The van der Waals surface area contributed by atoms with Crippen LogP contribution >= 0.6 is 15.9 Å². The van der Waals surface area contributed by atoms with Gasteiger partial charge in [-0.05, 0) is 15.9 Å². The largest absolute Gasteiger partial charge is 0.465 e. The number of aromatic nitrogens is 1. The van der Waals surface area contributed by atoms with Crippen LogP contribution in [0.1, 0.15) is 22.5 Å². The predicted octanol–water partition coefficient (Wildman–Crippen LogP) is 2.15. The van der Waals surface area contributed by atoms with Crippen molar-refractivity contribution >= 4 is 27.6 Å². The number of hydrogen-bond acceptors (Lipinski definition) is 4. The molecule has 0 aliphatic carbocycles. The first kappa shape index (κ1) is 11.8. The zero-order valence-corrected chi connectivity index (χ0v) is 9.22. The van der Waals surface area contributed by atoms with Gasteiger partial charge in [-0.15, -0.1) is 0 Å². The molecule has 4 nitrogen and oxygen atoms in total. The summed E-state index contributed by atoms with van der Waals surface area (Å²) in [6.45, 7) is 0. The Balaban J connectivity index is 3.36. The molecule has 0 bridgehead atoms. The van der Waals surface area contributed by atoms with E-state index in [1.165, 1.54) is 0 Å². The number of anilines is 1. The first-order valence-corrected chi connectivity index (χ1v) is 4.58. The number of methoxy groups -OCH3 is 1. The summed E-state index contributed by atoms with van der Waals surface area (Å²) in [5.74, 6) is -0.788. The molecule has 0 unspecified atom stereocenters. The van der Waals surface area contributed by atoms with Gasteiger partial charge < -0.3 is 10.5 Å². The molecule has 0 fully saturated rings. The monoisotopic (exact) mass is 280 g/mol. The number of pyridine rings is 1. The van der Waals surface area contributed by atoms with E-state index in [-0.39, 0.29) is 15.7 Å². The molecule has 1 aromatic heterocycles. The van der Waals surface area contributed by atoms with Crippen LogP contribution in [0.2, 0.25) is 0 Å². The van der Waals surface area contributed by atoms with Crippen LogP contribution in [-0.2, 0) is 4.74 Å². The van der Waals surface area contributed by atoms with Gasteiger partial charge in [0, 0.05) is 6.20 Å². The summed E-state index contributed by atoms with van der Waals surface area (Å²) >= 11 is 2.98. The highest BCUT2D eigenvalue weighted by Gasteiger charge is 2.22. The van der Waals surface area contributed by atoms with Crippen LogP contribution in [0.4, 0.5) is 14.5 Å². The first-order valence-electron chi connectivity index (χ1n) is 3.79. The molecule has 0 aliphatic heterocycles. The summed E-state index contributed by atoms with van der Waals surface area (Å²) in [5.41, 5.74) is 4.26. The van der Waals surface area contributed by atoms with E-state index in [0.29, 0.717) is 0 Å². The lowest BCUT2D eigenvalue weighted by Crippen LogP contribution is -2.10. The third kappa shape index (κ3) is 2.23. The van der Waals surface area contributed by atoms with Crippen molar-refractivity contribution < 1.29 is 18.3 Å². The van der Waals surface area contributed by atoms with Crippen molar-refractivity contribution in [2.45, 2.75) is 6.43 Å². The van der Waals surface area contributed by atoms with E-state index in [1.54, 1.807) is 0 Å². The van der Waals surface area contributed by atoms with Gasteiger partial charge in [-0.1, -0.05) is 0 Å². The van der Waals surface area contributed by atoms with Gasteiger partial charge in [-0.3, -0.25) is 4.98 Å². The normalized spacial score (nSPS) is 10.5. The molecule has 7 heteroatoms. The Labute approximate surface area is 92.6 Å². The SMILES string of the molecule is COC(=O)c1c(Br)cnc(C(F)F)c1N. The predicted molar refractivity (Wildman–Crippen MR) is 52.6 cm³/mol. The number of nitrogen functional groups attached to an aromatic ring is 1. The Bertz CT molecular complexity index is 398. The zero-order valence-electron chi connectivity index (χ0n) is 7.63. The Kier molecular flexibility index (Phi) is 3.57. The van der Waals surface area contributed by atoms with Crippen LogP contribution in [0.3, 0.4) is 0 Å². The van der Waals surface area contributed by atoms with Crippen LogP contribution in [-0.4, -0.2) is 18.1 Å². The zero-order chi connectivity index (χ0) is 11.6. The van der Waals surface area contributed by atoms with Crippen LogP contribution in [0.25, 0.3) is 0 Å². The van der Waals surface area contributed by atoms with E-state index in [0.717, 1.165) is 13.3 Å². The summed E-state index contributed by atoms with van der Waals surface area (Å²) in [6, 6.07) is 0. The molecule has 0 saturated heterocycles. The molecule has 15 heavy (non-hydrogen) atoms. The van der Waals surface area contributed by atoms with E-state index >= 15 is 0 Å². The third-order valence-corrected chi connectivity index (χ3v) is 2.30. The molecule has 1 rings (SSSR count). The number of carbonyl (C=O) groups is 1. The molecule has 1 aromatic rings. The fourth-order valence-corrected chi connectivity index (χ4v) is 1.48. The number of ether oxygens (including phenoxy) is 1.